The van der Waals surface area contributed by atoms with Gasteiger partial charge in [0, 0.05) is 0 Å². The third-order valence-corrected chi connectivity index (χ3v) is 4.13. The van der Waals surface area contributed by atoms with E-state index in [-0.39, 0.29) is 5.75 Å². The fraction of sp³-hybridized carbons (Fsp3) is 0.273. The van der Waals surface area contributed by atoms with E-state index in [1.165, 1.54) is 23.1 Å². The van der Waals surface area contributed by atoms with Crippen LogP contribution in [0, 0.1) is 0 Å². The summed E-state index contributed by atoms with van der Waals surface area (Å²) in [5.74, 6) is -0.0493. The van der Waals surface area contributed by atoms with Crippen molar-refractivity contribution in [1.29, 1.82) is 0 Å². The Morgan fingerprint density at radius 3 is 3.12 bits per heavy atom. The van der Waals surface area contributed by atoms with E-state index in [0.29, 0.717) is 6.61 Å². The maximum Gasteiger partial charge on any atom is 0.313 e. The molecule has 1 aromatic carbocycles. The molecule has 0 fully saturated rings. The van der Waals surface area contributed by atoms with Crippen LogP contribution in [0.1, 0.15) is 6.92 Å². The first-order valence-corrected chi connectivity index (χ1v) is 6.88. The molecule has 1 heterocycles. The van der Waals surface area contributed by atoms with E-state index in [2.05, 4.69) is 4.98 Å². The molecule has 0 bridgehead atoms. The predicted molar refractivity (Wildman–Crippen MR) is 69.1 cm³/mol. The molecule has 6 heteroatoms. The molecule has 1 N–H and O–H groups in total. The Balaban J connectivity index is 2.29. The molecule has 0 unspecified atom stereocenters. The molecule has 0 spiro atoms. The third kappa shape index (κ3) is 2.89. The number of carboxylic acids is 1. The maximum atomic E-state index is 10.5. The van der Waals surface area contributed by atoms with E-state index in [9.17, 15) is 4.79 Å². The minimum Gasteiger partial charge on any atom is -0.492 e. The molecule has 0 saturated carbocycles. The quantitative estimate of drug-likeness (QED) is 0.846. The van der Waals surface area contributed by atoms with Crippen LogP contribution >= 0.6 is 23.1 Å². The molecule has 4 nitrogen and oxygen atoms in total. The van der Waals surface area contributed by atoms with Gasteiger partial charge < -0.3 is 9.84 Å². The molecule has 1 aromatic heterocycles. The normalized spacial score (nSPS) is 10.6. The number of hydrogen-bond donors (Lipinski definition) is 1. The number of nitrogens with zero attached hydrogens (tertiary/aromatic N) is 1. The number of benzene rings is 1. The van der Waals surface area contributed by atoms with Crippen LogP contribution in [-0.4, -0.2) is 28.4 Å². The molecule has 0 saturated heterocycles. The number of para-hydroxylation sites is 1. The molecule has 0 amide bonds. The first-order valence-electron chi connectivity index (χ1n) is 5.07. The summed E-state index contributed by atoms with van der Waals surface area (Å²) in [7, 11) is 0. The molecule has 0 radical (unpaired) electrons. The van der Waals surface area contributed by atoms with Gasteiger partial charge in [0.15, 0.2) is 4.34 Å². The smallest absolute Gasteiger partial charge is 0.313 e. The summed E-state index contributed by atoms with van der Waals surface area (Å²) in [6.07, 6.45) is 0. The molecule has 2 aromatic rings. The van der Waals surface area contributed by atoms with E-state index in [4.69, 9.17) is 9.84 Å². The number of rotatable bonds is 5. The summed E-state index contributed by atoms with van der Waals surface area (Å²) < 4.78 is 7.25. The minimum atomic E-state index is -0.834. The molecule has 2 rings (SSSR count). The Bertz CT molecular complexity index is 538. The van der Waals surface area contributed by atoms with Crippen molar-refractivity contribution in [2.75, 3.05) is 12.4 Å². The van der Waals surface area contributed by atoms with Crippen LogP contribution in [0.25, 0.3) is 10.2 Å². The van der Waals surface area contributed by atoms with Gasteiger partial charge in [-0.15, -0.1) is 11.3 Å². The lowest BCUT2D eigenvalue weighted by molar-refractivity contribution is -0.133. The number of aromatic nitrogens is 1. The topological polar surface area (TPSA) is 59.4 Å². The van der Waals surface area contributed by atoms with Crippen LogP contribution in [0.15, 0.2) is 22.5 Å². The fourth-order valence-corrected chi connectivity index (χ4v) is 3.16. The summed E-state index contributed by atoms with van der Waals surface area (Å²) in [5, 5.41) is 8.62. The zero-order valence-corrected chi connectivity index (χ0v) is 10.8. The molecule has 90 valence electrons. The number of carbonyl (C=O) groups is 1. The summed E-state index contributed by atoms with van der Waals surface area (Å²) in [5.41, 5.74) is 0.812. The van der Waals surface area contributed by atoms with Gasteiger partial charge in [0.2, 0.25) is 0 Å². The van der Waals surface area contributed by atoms with Crippen LogP contribution < -0.4 is 4.74 Å². The standard InChI is InChI=1S/C11H11NO3S2/c1-2-15-7-4-3-5-8-10(7)12-11(17-8)16-6-9(13)14/h3-5H,2,6H2,1H3,(H,13,14). The number of fused-ring (bicyclic) bond motifs is 1. The number of hydrogen-bond acceptors (Lipinski definition) is 5. The molecule has 0 atom stereocenters. The van der Waals surface area contributed by atoms with Gasteiger partial charge in [0.25, 0.3) is 0 Å². The highest BCUT2D eigenvalue weighted by molar-refractivity contribution is 8.01. The van der Waals surface area contributed by atoms with Crippen molar-refractivity contribution < 1.29 is 14.6 Å². The molecule has 0 aliphatic rings. The number of thiazole rings is 1. The highest BCUT2D eigenvalue weighted by atomic mass is 32.2. The number of thioether (sulfide) groups is 1. The first kappa shape index (κ1) is 12.2. The van der Waals surface area contributed by atoms with Crippen LogP contribution in [0.4, 0.5) is 0 Å². The Hall–Kier alpha value is -1.27. The van der Waals surface area contributed by atoms with Gasteiger partial charge in [-0.25, -0.2) is 4.98 Å². The second-order valence-corrected chi connectivity index (χ2v) is 5.45. The summed E-state index contributed by atoms with van der Waals surface area (Å²) >= 11 is 2.72. The van der Waals surface area contributed by atoms with Crippen LogP contribution in [0.5, 0.6) is 5.75 Å². The predicted octanol–water partition coefficient (Wildman–Crippen LogP) is 2.87. The SMILES string of the molecule is CCOc1cccc2sc(SCC(=O)O)nc12. The monoisotopic (exact) mass is 269 g/mol. The van der Waals surface area contributed by atoms with E-state index in [1.807, 2.05) is 25.1 Å². The van der Waals surface area contributed by atoms with Crippen molar-refractivity contribution >= 4 is 39.3 Å². The highest BCUT2D eigenvalue weighted by Gasteiger charge is 2.10. The van der Waals surface area contributed by atoms with Gasteiger partial charge in [-0.1, -0.05) is 17.8 Å². The lowest BCUT2D eigenvalue weighted by Crippen LogP contribution is -1.97. The van der Waals surface area contributed by atoms with Gasteiger partial charge >= 0.3 is 5.97 Å². The summed E-state index contributed by atoms with van der Waals surface area (Å²) in [4.78, 5) is 14.9. The number of carboxylic acid groups (broad SMARTS) is 1. The van der Waals surface area contributed by atoms with Crippen LogP contribution in [0.3, 0.4) is 0 Å². The van der Waals surface area contributed by atoms with Gasteiger partial charge in [-0.05, 0) is 19.1 Å². The Morgan fingerprint density at radius 2 is 2.41 bits per heavy atom. The average Bonchev–Trinajstić information content (AvgIpc) is 2.71. The second-order valence-electron chi connectivity index (χ2n) is 3.20. The van der Waals surface area contributed by atoms with Crippen molar-refractivity contribution in [2.24, 2.45) is 0 Å². The summed E-state index contributed by atoms with van der Waals surface area (Å²) in [6, 6.07) is 5.74. The van der Waals surface area contributed by atoms with Gasteiger partial charge in [0.1, 0.15) is 11.3 Å². The zero-order valence-electron chi connectivity index (χ0n) is 9.17. The fourth-order valence-electron chi connectivity index (χ4n) is 1.36. The minimum absolute atomic E-state index is 0.0315. The average molecular weight is 269 g/mol. The van der Waals surface area contributed by atoms with E-state index >= 15 is 0 Å². The van der Waals surface area contributed by atoms with Crippen molar-refractivity contribution in [3.63, 3.8) is 0 Å². The maximum absolute atomic E-state index is 10.5. The largest absolute Gasteiger partial charge is 0.492 e. The molecular formula is C11H11NO3S2. The first-order chi connectivity index (χ1) is 8.20. The van der Waals surface area contributed by atoms with Gasteiger partial charge in [0.05, 0.1) is 17.1 Å². The lowest BCUT2D eigenvalue weighted by atomic mass is 10.3. The Kier molecular flexibility index (Phi) is 3.86. The summed E-state index contributed by atoms with van der Waals surface area (Å²) in [6.45, 7) is 2.51. The van der Waals surface area contributed by atoms with Gasteiger partial charge in [-0.2, -0.15) is 0 Å². The number of aliphatic carboxylic acids is 1. The van der Waals surface area contributed by atoms with E-state index < -0.39 is 5.97 Å². The van der Waals surface area contributed by atoms with Crippen LogP contribution in [0.2, 0.25) is 0 Å². The highest BCUT2D eigenvalue weighted by Crippen LogP contribution is 2.34. The van der Waals surface area contributed by atoms with E-state index in [1.54, 1.807) is 0 Å². The molecule has 0 aliphatic heterocycles. The van der Waals surface area contributed by atoms with Gasteiger partial charge in [-0.3, -0.25) is 4.79 Å². The zero-order chi connectivity index (χ0) is 12.3. The number of ether oxygens (including phenoxy) is 1. The third-order valence-electron chi connectivity index (χ3n) is 1.98. The second kappa shape index (κ2) is 5.37. The Morgan fingerprint density at radius 1 is 1.59 bits per heavy atom. The van der Waals surface area contributed by atoms with Crippen molar-refractivity contribution in [2.45, 2.75) is 11.3 Å². The molecule has 17 heavy (non-hydrogen) atoms. The van der Waals surface area contributed by atoms with Crippen LogP contribution in [-0.2, 0) is 4.79 Å². The molecule has 0 aliphatic carbocycles. The van der Waals surface area contributed by atoms with Crippen molar-refractivity contribution in [1.82, 2.24) is 4.98 Å². The molecular weight excluding hydrogens is 258 g/mol. The Labute approximate surface area is 107 Å². The van der Waals surface area contributed by atoms with Crippen molar-refractivity contribution in [3.8, 4) is 5.75 Å². The lowest BCUT2D eigenvalue weighted by Gasteiger charge is -2.01. The van der Waals surface area contributed by atoms with E-state index in [0.717, 1.165) is 20.3 Å². The van der Waals surface area contributed by atoms with Crippen molar-refractivity contribution in [3.05, 3.63) is 18.2 Å².